The van der Waals surface area contributed by atoms with E-state index in [9.17, 15) is 23.5 Å². The average Bonchev–Trinajstić information content (AvgIpc) is 3.27. The van der Waals surface area contributed by atoms with Crippen molar-refractivity contribution in [2.24, 2.45) is 0 Å². The molecular weight excluding hydrogens is 482 g/mol. The molecule has 1 atom stereocenters. The second-order valence-electron chi connectivity index (χ2n) is 8.38. The fourth-order valence-corrected chi connectivity index (χ4v) is 4.95. The SMILES string of the molecule is COC[C@H]1CN(C(C)C)C(=O)c2c(O)c(=O)c(-c3nnc(Cc4c(F)cc(F)cc4OC)s3)cn21. The van der Waals surface area contributed by atoms with Crippen molar-refractivity contribution < 1.29 is 28.2 Å². The number of halogens is 2. The molecule has 0 saturated heterocycles. The van der Waals surface area contributed by atoms with Crippen molar-refractivity contribution in [3.63, 3.8) is 0 Å². The molecule has 1 aromatic carbocycles. The quantitative estimate of drug-likeness (QED) is 0.525. The summed E-state index contributed by atoms with van der Waals surface area (Å²) in [6.07, 6.45) is 1.43. The van der Waals surface area contributed by atoms with Gasteiger partial charge in [0.2, 0.25) is 5.43 Å². The summed E-state index contributed by atoms with van der Waals surface area (Å²) in [7, 11) is 2.83. The maximum Gasteiger partial charge on any atom is 0.274 e. The van der Waals surface area contributed by atoms with Crippen molar-refractivity contribution in [1.29, 1.82) is 0 Å². The molecule has 35 heavy (non-hydrogen) atoms. The van der Waals surface area contributed by atoms with Gasteiger partial charge in [0.25, 0.3) is 5.91 Å². The van der Waals surface area contributed by atoms with Gasteiger partial charge in [-0.2, -0.15) is 0 Å². The number of pyridine rings is 1. The number of aromatic hydroxyl groups is 1. The maximum atomic E-state index is 14.4. The lowest BCUT2D eigenvalue weighted by Gasteiger charge is -2.38. The molecule has 0 fully saturated rings. The van der Waals surface area contributed by atoms with Gasteiger partial charge in [-0.15, -0.1) is 10.2 Å². The van der Waals surface area contributed by atoms with Crippen molar-refractivity contribution in [3.05, 3.63) is 56.5 Å². The lowest BCUT2D eigenvalue weighted by molar-refractivity contribution is 0.0511. The van der Waals surface area contributed by atoms with Crippen molar-refractivity contribution in [3.8, 4) is 22.1 Å². The van der Waals surface area contributed by atoms with Crippen LogP contribution in [-0.2, 0) is 11.2 Å². The molecule has 0 saturated carbocycles. The zero-order valence-corrected chi connectivity index (χ0v) is 20.4. The van der Waals surface area contributed by atoms with Crippen LogP contribution >= 0.6 is 11.3 Å². The van der Waals surface area contributed by atoms with Gasteiger partial charge in [0.05, 0.1) is 25.3 Å². The van der Waals surface area contributed by atoms with E-state index in [0.29, 0.717) is 11.6 Å². The molecule has 3 aromatic rings. The molecule has 0 unspecified atom stereocenters. The summed E-state index contributed by atoms with van der Waals surface area (Å²) in [6, 6.07) is 1.34. The largest absolute Gasteiger partial charge is 0.503 e. The molecular formula is C23H24F2N4O5S. The minimum absolute atomic E-state index is 0.0290. The summed E-state index contributed by atoms with van der Waals surface area (Å²) in [6.45, 7) is 4.28. The van der Waals surface area contributed by atoms with Gasteiger partial charge in [-0.05, 0) is 13.8 Å². The number of aromatic nitrogens is 3. The molecule has 186 valence electrons. The third-order valence-electron chi connectivity index (χ3n) is 5.82. The third kappa shape index (κ3) is 4.50. The molecule has 1 aliphatic heterocycles. The Kier molecular flexibility index (Phi) is 6.86. The van der Waals surface area contributed by atoms with Gasteiger partial charge >= 0.3 is 0 Å². The molecule has 1 amide bonds. The Labute approximate surface area is 203 Å². The Balaban J connectivity index is 1.76. The van der Waals surface area contributed by atoms with E-state index in [2.05, 4.69) is 10.2 Å². The number of methoxy groups -OCH3 is 2. The first-order valence-electron chi connectivity index (χ1n) is 10.8. The third-order valence-corrected chi connectivity index (χ3v) is 6.78. The number of nitrogens with zero attached hydrogens (tertiary/aromatic N) is 4. The second-order valence-corrected chi connectivity index (χ2v) is 9.45. The first-order chi connectivity index (χ1) is 16.7. The first kappa shape index (κ1) is 24.7. The van der Waals surface area contributed by atoms with Crippen molar-refractivity contribution in [2.75, 3.05) is 27.4 Å². The summed E-state index contributed by atoms with van der Waals surface area (Å²) in [5.41, 5.74) is -0.724. The van der Waals surface area contributed by atoms with Crippen LogP contribution < -0.4 is 10.2 Å². The molecule has 0 spiro atoms. The van der Waals surface area contributed by atoms with Crippen LogP contribution in [0.3, 0.4) is 0 Å². The van der Waals surface area contributed by atoms with E-state index in [4.69, 9.17) is 9.47 Å². The molecule has 1 aliphatic rings. The van der Waals surface area contributed by atoms with E-state index in [1.165, 1.54) is 20.4 Å². The molecule has 9 nitrogen and oxygen atoms in total. The van der Waals surface area contributed by atoms with Crippen LogP contribution in [0.1, 0.15) is 40.9 Å². The monoisotopic (exact) mass is 506 g/mol. The minimum atomic E-state index is -0.791. The van der Waals surface area contributed by atoms with Gasteiger partial charge < -0.3 is 24.0 Å². The molecule has 0 bridgehead atoms. The summed E-state index contributed by atoms with van der Waals surface area (Å²) in [5.74, 6) is -2.66. The fraction of sp³-hybridized carbons (Fsp3) is 0.391. The molecule has 12 heteroatoms. The van der Waals surface area contributed by atoms with Crippen LogP contribution in [-0.4, -0.2) is 64.1 Å². The van der Waals surface area contributed by atoms with E-state index >= 15 is 0 Å². The van der Waals surface area contributed by atoms with E-state index in [1.54, 1.807) is 9.47 Å². The van der Waals surface area contributed by atoms with Crippen molar-refractivity contribution in [1.82, 2.24) is 19.7 Å². The van der Waals surface area contributed by atoms with Crippen LogP contribution in [0, 0.1) is 11.6 Å². The van der Waals surface area contributed by atoms with Crippen LogP contribution in [0.15, 0.2) is 23.1 Å². The van der Waals surface area contributed by atoms with Crippen LogP contribution in [0.25, 0.3) is 10.6 Å². The van der Waals surface area contributed by atoms with Gasteiger partial charge in [-0.3, -0.25) is 9.59 Å². The van der Waals surface area contributed by atoms with E-state index in [-0.39, 0.29) is 52.7 Å². The molecule has 2 aromatic heterocycles. The summed E-state index contributed by atoms with van der Waals surface area (Å²) < 4.78 is 39.8. The highest BCUT2D eigenvalue weighted by Crippen LogP contribution is 2.33. The highest BCUT2D eigenvalue weighted by molar-refractivity contribution is 7.14. The van der Waals surface area contributed by atoms with E-state index in [1.807, 2.05) is 13.8 Å². The van der Waals surface area contributed by atoms with Gasteiger partial charge in [0.15, 0.2) is 16.5 Å². The number of hydrogen-bond acceptors (Lipinski definition) is 8. The number of ether oxygens (including phenoxy) is 2. The lowest BCUT2D eigenvalue weighted by atomic mass is 10.1. The first-order valence-corrected chi connectivity index (χ1v) is 11.6. The standard InChI is InChI=1S/C23H24F2N4O5S/c1-11(2)28-8-13(10-33-3)29-9-15(20(30)21(31)19(29)23(28)32)22-27-26-18(35-22)7-14-16(25)5-12(24)6-17(14)34-4/h5-6,9,11,13,31H,7-8,10H2,1-4H3/t13-/m1/s1. The van der Waals surface area contributed by atoms with Gasteiger partial charge in [-0.25, -0.2) is 8.78 Å². The number of carbonyl (C=O) groups is 1. The zero-order valence-electron chi connectivity index (χ0n) is 19.5. The maximum absolute atomic E-state index is 14.4. The van der Waals surface area contributed by atoms with Crippen molar-refractivity contribution >= 4 is 17.2 Å². The smallest absolute Gasteiger partial charge is 0.274 e. The van der Waals surface area contributed by atoms with Crippen LogP contribution in [0.5, 0.6) is 11.5 Å². The Hall–Kier alpha value is -3.38. The number of carbonyl (C=O) groups excluding carboxylic acids is 1. The molecule has 0 aliphatic carbocycles. The van der Waals surface area contributed by atoms with Crippen LogP contribution in [0.2, 0.25) is 0 Å². The Morgan fingerprint density at radius 2 is 1.97 bits per heavy atom. The number of rotatable bonds is 7. The number of fused-ring (bicyclic) bond motifs is 1. The summed E-state index contributed by atoms with van der Waals surface area (Å²) in [5, 5.41) is 19.4. The predicted molar refractivity (Wildman–Crippen MR) is 124 cm³/mol. The predicted octanol–water partition coefficient (Wildman–Crippen LogP) is 3.00. The van der Waals surface area contributed by atoms with Gasteiger partial charge in [-0.1, -0.05) is 11.3 Å². The summed E-state index contributed by atoms with van der Waals surface area (Å²) >= 11 is 1.02. The zero-order chi connectivity index (χ0) is 25.4. The second kappa shape index (κ2) is 9.70. The highest BCUT2D eigenvalue weighted by Gasteiger charge is 2.36. The van der Waals surface area contributed by atoms with E-state index in [0.717, 1.165) is 23.5 Å². The number of amides is 1. The average molecular weight is 507 g/mol. The molecule has 0 radical (unpaired) electrons. The highest BCUT2D eigenvalue weighted by atomic mass is 32.1. The molecule has 3 heterocycles. The normalized spacial score (nSPS) is 15.6. The van der Waals surface area contributed by atoms with Crippen LogP contribution in [0.4, 0.5) is 8.78 Å². The number of hydrogen-bond donors (Lipinski definition) is 1. The summed E-state index contributed by atoms with van der Waals surface area (Å²) in [4.78, 5) is 27.6. The molecule has 1 N–H and O–H groups in total. The Morgan fingerprint density at radius 1 is 1.23 bits per heavy atom. The van der Waals surface area contributed by atoms with E-state index < -0.39 is 28.7 Å². The van der Waals surface area contributed by atoms with Gasteiger partial charge in [0.1, 0.15) is 22.4 Å². The van der Waals surface area contributed by atoms with Gasteiger partial charge in [0, 0.05) is 50.0 Å². The fourth-order valence-electron chi connectivity index (χ4n) is 4.10. The minimum Gasteiger partial charge on any atom is -0.503 e. The lowest BCUT2D eigenvalue weighted by Crippen LogP contribution is -2.48. The Morgan fingerprint density at radius 3 is 2.63 bits per heavy atom. The Bertz CT molecular complexity index is 1340. The topological polar surface area (TPSA) is 107 Å². The number of benzene rings is 1. The molecule has 4 rings (SSSR count). The van der Waals surface area contributed by atoms with Crippen molar-refractivity contribution in [2.45, 2.75) is 32.4 Å².